The topological polar surface area (TPSA) is 31.9 Å². The lowest BCUT2D eigenvalue weighted by Crippen LogP contribution is -2.18. The molecule has 86 valence electrons. The summed E-state index contributed by atoms with van der Waals surface area (Å²) in [5.41, 5.74) is 3.36. The van der Waals surface area contributed by atoms with Gasteiger partial charge in [-0.3, -0.25) is 0 Å². The number of anilines is 1. The van der Waals surface area contributed by atoms with Crippen LogP contribution in [0.15, 0.2) is 18.2 Å². The smallest absolute Gasteiger partial charge is 0.104 e. The fourth-order valence-electron chi connectivity index (χ4n) is 1.80. The number of aromatic nitrogens is 2. The first kappa shape index (κ1) is 11.3. The number of rotatable bonds is 4. The molecule has 0 unspecified atom stereocenters. The second-order valence-corrected chi connectivity index (χ2v) is 4.47. The summed E-state index contributed by atoms with van der Waals surface area (Å²) in [4.78, 5) is 9.89. The largest absolute Gasteiger partial charge is 0.375 e. The third-order valence-electron chi connectivity index (χ3n) is 2.68. The molecule has 1 aromatic heterocycles. The number of thiol groups is 1. The zero-order chi connectivity index (χ0) is 11.5. The number of H-pyrrole nitrogens is 1. The van der Waals surface area contributed by atoms with Crippen LogP contribution in [0.1, 0.15) is 12.2 Å². The highest BCUT2D eigenvalue weighted by molar-refractivity contribution is 7.80. The van der Waals surface area contributed by atoms with Crippen LogP contribution in [0.5, 0.6) is 0 Å². The summed E-state index contributed by atoms with van der Waals surface area (Å²) in [6.07, 6.45) is 1.10. The lowest BCUT2D eigenvalue weighted by molar-refractivity contribution is 0.862. The van der Waals surface area contributed by atoms with Crippen LogP contribution in [0.2, 0.25) is 0 Å². The van der Waals surface area contributed by atoms with Gasteiger partial charge < -0.3 is 9.88 Å². The SMILES string of the molecule is Cc1nc2ccc(N(C)CCCS)cc2[nH]1. The Labute approximate surface area is 101 Å². The van der Waals surface area contributed by atoms with E-state index in [0.717, 1.165) is 35.6 Å². The van der Waals surface area contributed by atoms with Crippen LogP contribution in [0.4, 0.5) is 5.69 Å². The molecule has 1 aromatic carbocycles. The fraction of sp³-hybridized carbons (Fsp3) is 0.417. The number of imidazole rings is 1. The van der Waals surface area contributed by atoms with Gasteiger partial charge in [0.05, 0.1) is 11.0 Å². The minimum Gasteiger partial charge on any atom is -0.375 e. The number of fused-ring (bicyclic) bond motifs is 1. The molecule has 0 amide bonds. The maximum atomic E-state index is 4.39. The Kier molecular flexibility index (Phi) is 3.39. The summed E-state index contributed by atoms with van der Waals surface area (Å²) < 4.78 is 0. The van der Waals surface area contributed by atoms with Crippen LogP contribution in [0, 0.1) is 6.92 Å². The molecule has 3 nitrogen and oxygen atoms in total. The minimum absolute atomic E-state index is 0.926. The second kappa shape index (κ2) is 4.78. The molecule has 0 radical (unpaired) electrons. The molecule has 16 heavy (non-hydrogen) atoms. The zero-order valence-electron chi connectivity index (χ0n) is 9.70. The maximum Gasteiger partial charge on any atom is 0.104 e. The number of hydrogen-bond acceptors (Lipinski definition) is 3. The molecule has 0 aliphatic carbocycles. The molecule has 1 N–H and O–H groups in total. The van der Waals surface area contributed by atoms with Crippen molar-refractivity contribution in [3.63, 3.8) is 0 Å². The Balaban J connectivity index is 2.24. The van der Waals surface area contributed by atoms with E-state index < -0.39 is 0 Å². The molecular formula is C12H17N3S. The average Bonchev–Trinajstić information content (AvgIpc) is 2.64. The molecule has 0 saturated carbocycles. The molecule has 0 atom stereocenters. The van der Waals surface area contributed by atoms with Gasteiger partial charge in [-0.1, -0.05) is 0 Å². The molecule has 2 aromatic rings. The Morgan fingerprint density at radius 2 is 2.25 bits per heavy atom. The van der Waals surface area contributed by atoms with Crippen molar-refractivity contribution < 1.29 is 0 Å². The zero-order valence-corrected chi connectivity index (χ0v) is 10.6. The summed E-state index contributed by atoms with van der Waals surface area (Å²) in [7, 11) is 2.10. The molecule has 0 aliphatic heterocycles. The van der Waals surface area contributed by atoms with E-state index in [1.54, 1.807) is 0 Å². The van der Waals surface area contributed by atoms with Crippen LogP contribution in [0.25, 0.3) is 11.0 Å². The van der Waals surface area contributed by atoms with Crippen LogP contribution in [-0.4, -0.2) is 29.3 Å². The first-order chi connectivity index (χ1) is 7.70. The van der Waals surface area contributed by atoms with Crippen molar-refractivity contribution in [2.24, 2.45) is 0 Å². The van der Waals surface area contributed by atoms with Gasteiger partial charge >= 0.3 is 0 Å². The average molecular weight is 235 g/mol. The molecule has 1 heterocycles. The van der Waals surface area contributed by atoms with Gasteiger partial charge in [0.2, 0.25) is 0 Å². The molecular weight excluding hydrogens is 218 g/mol. The number of nitrogens with zero attached hydrogens (tertiary/aromatic N) is 2. The van der Waals surface area contributed by atoms with Crippen molar-refractivity contribution in [2.45, 2.75) is 13.3 Å². The van der Waals surface area contributed by atoms with Gasteiger partial charge in [0.15, 0.2) is 0 Å². The van der Waals surface area contributed by atoms with Gasteiger partial charge in [0, 0.05) is 19.3 Å². The van der Waals surface area contributed by atoms with E-state index in [2.05, 4.69) is 52.7 Å². The van der Waals surface area contributed by atoms with Crippen molar-refractivity contribution in [3.8, 4) is 0 Å². The van der Waals surface area contributed by atoms with Crippen LogP contribution >= 0.6 is 12.6 Å². The highest BCUT2D eigenvalue weighted by Gasteiger charge is 2.04. The van der Waals surface area contributed by atoms with Crippen molar-refractivity contribution in [1.29, 1.82) is 0 Å². The molecule has 2 rings (SSSR count). The molecule has 0 saturated heterocycles. The lowest BCUT2D eigenvalue weighted by atomic mass is 10.2. The van der Waals surface area contributed by atoms with Gasteiger partial charge in [0.25, 0.3) is 0 Å². The van der Waals surface area contributed by atoms with Crippen LogP contribution < -0.4 is 4.90 Å². The van der Waals surface area contributed by atoms with Gasteiger partial charge in [0.1, 0.15) is 5.82 Å². The van der Waals surface area contributed by atoms with E-state index in [4.69, 9.17) is 0 Å². The monoisotopic (exact) mass is 235 g/mol. The summed E-state index contributed by atoms with van der Waals surface area (Å²) >= 11 is 4.23. The van der Waals surface area contributed by atoms with Gasteiger partial charge in [-0.05, 0) is 37.3 Å². The Bertz CT molecular complexity index is 478. The first-order valence-electron chi connectivity index (χ1n) is 5.49. The highest BCUT2D eigenvalue weighted by atomic mass is 32.1. The van der Waals surface area contributed by atoms with Gasteiger partial charge in [-0.2, -0.15) is 12.6 Å². The predicted molar refractivity (Wildman–Crippen MR) is 72.6 cm³/mol. The van der Waals surface area contributed by atoms with E-state index in [0.29, 0.717) is 0 Å². The van der Waals surface area contributed by atoms with E-state index in [1.807, 2.05) is 6.92 Å². The summed E-state index contributed by atoms with van der Waals surface area (Å²) in [5.74, 6) is 1.89. The number of nitrogens with one attached hydrogen (secondary N) is 1. The van der Waals surface area contributed by atoms with Crippen LogP contribution in [-0.2, 0) is 0 Å². The van der Waals surface area contributed by atoms with Gasteiger partial charge in [-0.25, -0.2) is 4.98 Å². The predicted octanol–water partition coefficient (Wildman–Crippen LogP) is 2.63. The Morgan fingerprint density at radius 3 is 3.00 bits per heavy atom. The maximum absolute atomic E-state index is 4.39. The molecule has 0 aliphatic rings. The third-order valence-corrected chi connectivity index (χ3v) is 2.99. The van der Waals surface area contributed by atoms with E-state index in [-0.39, 0.29) is 0 Å². The number of benzene rings is 1. The number of aryl methyl sites for hydroxylation is 1. The van der Waals surface area contributed by atoms with Gasteiger partial charge in [-0.15, -0.1) is 0 Å². The standard InChI is InChI=1S/C12H17N3S/c1-9-13-11-5-4-10(8-12(11)14-9)15(2)6-3-7-16/h4-5,8,16H,3,6-7H2,1-2H3,(H,13,14). The fourth-order valence-corrected chi connectivity index (χ4v) is 1.94. The molecule has 0 fully saturated rings. The molecule has 4 heteroatoms. The summed E-state index contributed by atoms with van der Waals surface area (Å²) in [6.45, 7) is 3.01. The molecule has 0 spiro atoms. The third kappa shape index (κ3) is 2.32. The van der Waals surface area contributed by atoms with Crippen molar-refractivity contribution in [1.82, 2.24) is 9.97 Å². The van der Waals surface area contributed by atoms with Crippen molar-refractivity contribution >= 4 is 29.3 Å². The Hall–Kier alpha value is -1.16. The van der Waals surface area contributed by atoms with Crippen molar-refractivity contribution in [3.05, 3.63) is 24.0 Å². The molecule has 0 bridgehead atoms. The van der Waals surface area contributed by atoms with E-state index in [1.165, 1.54) is 5.69 Å². The number of aromatic amines is 1. The summed E-state index contributed by atoms with van der Waals surface area (Å²) in [6, 6.07) is 6.32. The van der Waals surface area contributed by atoms with Crippen molar-refractivity contribution in [2.75, 3.05) is 24.2 Å². The Morgan fingerprint density at radius 1 is 1.44 bits per heavy atom. The first-order valence-corrected chi connectivity index (χ1v) is 6.12. The summed E-state index contributed by atoms with van der Waals surface area (Å²) in [5, 5.41) is 0. The van der Waals surface area contributed by atoms with E-state index >= 15 is 0 Å². The highest BCUT2D eigenvalue weighted by Crippen LogP contribution is 2.19. The van der Waals surface area contributed by atoms with E-state index in [9.17, 15) is 0 Å². The second-order valence-electron chi connectivity index (χ2n) is 4.02. The quantitative estimate of drug-likeness (QED) is 0.798. The van der Waals surface area contributed by atoms with Crippen LogP contribution in [0.3, 0.4) is 0 Å². The minimum atomic E-state index is 0.926. The normalized spacial score (nSPS) is 10.9. The number of hydrogen-bond donors (Lipinski definition) is 2. The lowest BCUT2D eigenvalue weighted by Gasteiger charge is -2.18.